The molecule has 44 heavy (non-hydrogen) atoms. The number of alkyl halides is 2. The van der Waals surface area contributed by atoms with Crippen molar-refractivity contribution in [2.45, 2.75) is 105 Å². The van der Waals surface area contributed by atoms with Crippen LogP contribution in [0, 0.1) is 52.3 Å². The van der Waals surface area contributed by atoms with Crippen LogP contribution in [0.4, 0.5) is 8.78 Å². The molecule has 4 aliphatic rings. The third-order valence-electron chi connectivity index (χ3n) is 12.6. The first-order valence-corrected chi connectivity index (χ1v) is 17.1. The first-order chi connectivity index (χ1) is 20.9. The molecular weight excluding hydrogens is 560 g/mol. The van der Waals surface area contributed by atoms with Crippen LogP contribution in [0.3, 0.4) is 0 Å². The van der Waals surface area contributed by atoms with Gasteiger partial charge in [0.25, 0.3) is 0 Å². The number of rotatable bonds is 11. The van der Waals surface area contributed by atoms with Crippen molar-refractivity contribution in [1.82, 2.24) is 15.5 Å². The van der Waals surface area contributed by atoms with Gasteiger partial charge in [-0.3, -0.25) is 5.10 Å². The maximum atomic E-state index is 13.6. The molecule has 3 aliphatic carbocycles. The number of aliphatic hydroxyl groups is 1. The Hall–Kier alpha value is -2.19. The highest BCUT2D eigenvalue weighted by molar-refractivity contribution is 5.45. The first-order valence-electron chi connectivity index (χ1n) is 17.1. The van der Waals surface area contributed by atoms with Crippen LogP contribution >= 0.6 is 0 Å². The van der Waals surface area contributed by atoms with Crippen LogP contribution in [-0.4, -0.2) is 34.8 Å². The SMILES string of the molecule is CC(C)CCCC(C)[C@H]1CC[C@H]2[C@H](CNCc3ccc4c(c3)OC(F)(F)O4)[C@@H]([C@@]3(C)Cc4cn[nH]c4C[C@@H]3CO)CC[C@]12C. The molecule has 1 aromatic carbocycles. The average Bonchev–Trinajstić information content (AvgIpc) is 3.64. The minimum Gasteiger partial charge on any atom is -0.396 e. The topological polar surface area (TPSA) is 79.4 Å². The quantitative estimate of drug-likeness (QED) is 0.242. The van der Waals surface area contributed by atoms with Crippen molar-refractivity contribution in [3.05, 3.63) is 41.2 Å². The molecule has 3 N–H and O–H groups in total. The molecule has 0 bridgehead atoms. The third-order valence-corrected chi connectivity index (χ3v) is 12.6. The van der Waals surface area contributed by atoms with Crippen molar-refractivity contribution in [3.63, 3.8) is 0 Å². The highest BCUT2D eigenvalue weighted by Gasteiger charge is 2.59. The van der Waals surface area contributed by atoms with Crippen LogP contribution in [0.5, 0.6) is 11.5 Å². The third kappa shape index (κ3) is 5.90. The van der Waals surface area contributed by atoms with Crippen LogP contribution in [0.2, 0.25) is 0 Å². The molecule has 244 valence electrons. The molecule has 2 saturated carbocycles. The van der Waals surface area contributed by atoms with E-state index in [4.69, 9.17) is 4.74 Å². The van der Waals surface area contributed by atoms with Crippen molar-refractivity contribution in [2.75, 3.05) is 13.2 Å². The number of ether oxygens (including phenoxy) is 2. The number of H-pyrrole nitrogens is 1. The van der Waals surface area contributed by atoms with E-state index in [1.165, 1.54) is 56.2 Å². The number of nitrogens with one attached hydrogen (secondary N) is 2. The van der Waals surface area contributed by atoms with Gasteiger partial charge < -0.3 is 19.9 Å². The first kappa shape index (κ1) is 31.8. The monoisotopic (exact) mass is 613 g/mol. The molecule has 8 heteroatoms. The summed E-state index contributed by atoms with van der Waals surface area (Å²) in [5.41, 5.74) is 3.68. The van der Waals surface area contributed by atoms with Gasteiger partial charge in [-0.1, -0.05) is 59.9 Å². The molecule has 1 aromatic heterocycles. The van der Waals surface area contributed by atoms with Crippen LogP contribution in [-0.2, 0) is 19.4 Å². The Labute approximate surface area is 262 Å². The van der Waals surface area contributed by atoms with E-state index in [9.17, 15) is 13.9 Å². The fourth-order valence-corrected chi connectivity index (χ4v) is 10.3. The van der Waals surface area contributed by atoms with E-state index in [1.54, 1.807) is 12.1 Å². The molecule has 1 aliphatic heterocycles. The Bertz CT molecular complexity index is 1300. The summed E-state index contributed by atoms with van der Waals surface area (Å²) in [5.74, 6) is 4.15. The molecule has 1 unspecified atom stereocenters. The Kier molecular flexibility index (Phi) is 8.81. The number of hydrogen-bond acceptors (Lipinski definition) is 5. The van der Waals surface area contributed by atoms with E-state index in [0.29, 0.717) is 29.7 Å². The van der Waals surface area contributed by atoms with E-state index in [1.807, 2.05) is 12.3 Å². The number of halogens is 2. The number of fused-ring (bicyclic) bond motifs is 3. The Morgan fingerprint density at radius 2 is 1.82 bits per heavy atom. The zero-order valence-electron chi connectivity index (χ0n) is 27.3. The Morgan fingerprint density at radius 3 is 2.59 bits per heavy atom. The summed E-state index contributed by atoms with van der Waals surface area (Å²) < 4.78 is 36.6. The fourth-order valence-electron chi connectivity index (χ4n) is 10.3. The van der Waals surface area contributed by atoms with Crippen molar-refractivity contribution in [3.8, 4) is 11.5 Å². The summed E-state index contributed by atoms with van der Waals surface area (Å²) in [6.07, 6.45) is 9.10. The second-order valence-corrected chi connectivity index (χ2v) is 15.6. The standard InChI is InChI=1S/C36H53F2N3O3/c1-22(2)7-6-8-23(3)28-10-11-29-27(20-39-18-24-9-12-32-33(15-24)44-36(37,38)43-32)30(13-14-34(28,29)4)35(5)17-25-19-40-41-31(25)16-26(35)21-42/h9,12,15,19,22-23,26-30,39,42H,6-8,10-11,13-14,16-18,20-21H2,1-5H3,(H,40,41)/t23?,26-,27+,28-,29+,30+,34-,35+/m1/s1. The molecule has 2 heterocycles. The lowest BCUT2D eigenvalue weighted by atomic mass is 9.48. The Morgan fingerprint density at radius 1 is 1.05 bits per heavy atom. The molecule has 2 fully saturated rings. The Balaban J connectivity index is 1.23. The van der Waals surface area contributed by atoms with Crippen LogP contribution in [0.25, 0.3) is 0 Å². The normalized spacial score (nSPS) is 34.6. The predicted octanol–water partition coefficient (Wildman–Crippen LogP) is 7.76. The van der Waals surface area contributed by atoms with Gasteiger partial charge in [0, 0.05) is 18.8 Å². The summed E-state index contributed by atoms with van der Waals surface area (Å²) in [4.78, 5) is 0. The van der Waals surface area contributed by atoms with E-state index in [2.05, 4.69) is 54.9 Å². The largest absolute Gasteiger partial charge is 0.586 e. The van der Waals surface area contributed by atoms with E-state index in [-0.39, 0.29) is 29.4 Å². The minimum absolute atomic E-state index is 0.0232. The highest BCUT2D eigenvalue weighted by Crippen LogP contribution is 2.64. The second kappa shape index (κ2) is 12.2. The van der Waals surface area contributed by atoms with Crippen LogP contribution < -0.4 is 14.8 Å². The van der Waals surface area contributed by atoms with Gasteiger partial charge in [0.1, 0.15) is 0 Å². The zero-order valence-corrected chi connectivity index (χ0v) is 27.3. The summed E-state index contributed by atoms with van der Waals surface area (Å²) in [6.45, 7) is 13.8. The second-order valence-electron chi connectivity index (χ2n) is 15.6. The van der Waals surface area contributed by atoms with Gasteiger partial charge in [-0.15, -0.1) is 8.78 Å². The van der Waals surface area contributed by atoms with Crippen molar-refractivity contribution in [1.29, 1.82) is 0 Å². The van der Waals surface area contributed by atoms with Gasteiger partial charge in [-0.2, -0.15) is 5.10 Å². The lowest BCUT2D eigenvalue weighted by Gasteiger charge is -2.57. The van der Waals surface area contributed by atoms with E-state index < -0.39 is 6.29 Å². The molecule has 0 saturated heterocycles. The molecule has 2 aromatic rings. The van der Waals surface area contributed by atoms with Crippen molar-refractivity contribution < 1.29 is 23.4 Å². The number of aromatic amines is 1. The van der Waals surface area contributed by atoms with Crippen molar-refractivity contribution >= 4 is 0 Å². The van der Waals surface area contributed by atoms with Gasteiger partial charge in [0.05, 0.1) is 6.20 Å². The number of aliphatic hydroxyl groups excluding tert-OH is 1. The molecule has 0 amide bonds. The van der Waals surface area contributed by atoms with Gasteiger partial charge in [0.2, 0.25) is 0 Å². The summed E-state index contributed by atoms with van der Waals surface area (Å²) >= 11 is 0. The molecular formula is C36H53F2N3O3. The van der Waals surface area contributed by atoms with Gasteiger partial charge in [-0.25, -0.2) is 0 Å². The number of benzene rings is 1. The molecule has 6 nitrogen and oxygen atoms in total. The highest BCUT2D eigenvalue weighted by atomic mass is 19.3. The number of hydrogen-bond donors (Lipinski definition) is 3. The van der Waals surface area contributed by atoms with Gasteiger partial charge in [-0.05, 0) is 121 Å². The van der Waals surface area contributed by atoms with Crippen LogP contribution in [0.15, 0.2) is 24.4 Å². The smallest absolute Gasteiger partial charge is 0.396 e. The molecule has 0 spiro atoms. The van der Waals surface area contributed by atoms with Crippen LogP contribution in [0.1, 0.15) is 96.4 Å². The van der Waals surface area contributed by atoms with Crippen molar-refractivity contribution in [2.24, 2.45) is 52.3 Å². The summed E-state index contributed by atoms with van der Waals surface area (Å²) in [6, 6.07) is 5.09. The number of nitrogens with zero attached hydrogens (tertiary/aromatic N) is 1. The van der Waals surface area contributed by atoms with E-state index in [0.717, 1.165) is 42.7 Å². The maximum Gasteiger partial charge on any atom is 0.586 e. The number of aromatic nitrogens is 2. The molecule has 0 radical (unpaired) electrons. The molecule has 6 rings (SSSR count). The predicted molar refractivity (Wildman–Crippen MR) is 167 cm³/mol. The lowest BCUT2D eigenvalue weighted by Crippen LogP contribution is -2.54. The maximum absolute atomic E-state index is 13.6. The summed E-state index contributed by atoms with van der Waals surface area (Å²) in [5, 5.41) is 22.0. The average molecular weight is 614 g/mol. The van der Waals surface area contributed by atoms with Gasteiger partial charge in [0.15, 0.2) is 11.5 Å². The lowest BCUT2D eigenvalue weighted by molar-refractivity contribution is -0.286. The summed E-state index contributed by atoms with van der Waals surface area (Å²) in [7, 11) is 0. The minimum atomic E-state index is -3.60. The zero-order chi connectivity index (χ0) is 31.3. The fraction of sp³-hybridized carbons (Fsp3) is 0.750. The molecule has 8 atom stereocenters. The van der Waals surface area contributed by atoms with E-state index >= 15 is 0 Å². The van der Waals surface area contributed by atoms with Gasteiger partial charge >= 0.3 is 6.29 Å².